The summed E-state index contributed by atoms with van der Waals surface area (Å²) in [6, 6.07) is 18.5. The van der Waals surface area contributed by atoms with Crippen molar-refractivity contribution in [2.45, 2.75) is 13.8 Å². The first-order valence-corrected chi connectivity index (χ1v) is 9.07. The van der Waals surface area contributed by atoms with Gasteiger partial charge in [-0.25, -0.2) is 0 Å². The minimum absolute atomic E-state index is 1.33. The normalized spacial score (nSPS) is 12.1. The summed E-state index contributed by atoms with van der Waals surface area (Å²) in [6.45, 7) is 4.35. The zero-order valence-corrected chi connectivity index (χ0v) is 14.1. The van der Waals surface area contributed by atoms with E-state index in [-0.39, 0.29) is 0 Å². The van der Waals surface area contributed by atoms with Crippen molar-refractivity contribution in [2.24, 2.45) is 0 Å². The molecule has 2 heteroatoms. The number of fused-ring (bicyclic) bond motifs is 5. The van der Waals surface area contributed by atoms with Crippen LogP contribution < -0.4 is 0 Å². The molecule has 0 aliphatic carbocycles. The average molecular weight is 318 g/mol. The molecule has 0 spiro atoms. The van der Waals surface area contributed by atoms with E-state index >= 15 is 0 Å². The molecule has 0 unspecified atom stereocenters. The van der Waals surface area contributed by atoms with Crippen LogP contribution in [0.25, 0.3) is 41.0 Å². The Morgan fingerprint density at radius 3 is 2.27 bits per heavy atom. The fourth-order valence-electron chi connectivity index (χ4n) is 3.30. The van der Waals surface area contributed by atoms with Gasteiger partial charge in [-0.15, -0.1) is 22.7 Å². The van der Waals surface area contributed by atoms with Gasteiger partial charge in [0.25, 0.3) is 0 Å². The second-order valence-electron chi connectivity index (χ2n) is 6.04. The van der Waals surface area contributed by atoms with Gasteiger partial charge in [-0.1, -0.05) is 12.1 Å². The van der Waals surface area contributed by atoms with Crippen LogP contribution in [0, 0.1) is 13.8 Å². The Bertz CT molecular complexity index is 1190. The zero-order chi connectivity index (χ0) is 14.8. The topological polar surface area (TPSA) is 0 Å². The molecule has 0 N–H and O–H groups in total. The van der Waals surface area contributed by atoms with E-state index in [2.05, 4.69) is 62.4 Å². The molecule has 0 amide bonds. The molecular formula is C20H14S2. The Hall–Kier alpha value is -1.90. The van der Waals surface area contributed by atoms with Crippen LogP contribution in [0.15, 0.2) is 48.5 Å². The van der Waals surface area contributed by atoms with Crippen LogP contribution in [0.3, 0.4) is 0 Å². The van der Waals surface area contributed by atoms with Gasteiger partial charge in [-0.3, -0.25) is 0 Å². The summed E-state index contributed by atoms with van der Waals surface area (Å²) in [6.07, 6.45) is 0. The van der Waals surface area contributed by atoms with Crippen LogP contribution in [0.2, 0.25) is 0 Å². The highest BCUT2D eigenvalue weighted by Crippen LogP contribution is 2.38. The first-order valence-electron chi connectivity index (χ1n) is 7.44. The van der Waals surface area contributed by atoms with Crippen molar-refractivity contribution in [3.63, 3.8) is 0 Å². The maximum atomic E-state index is 2.37. The van der Waals surface area contributed by atoms with E-state index in [4.69, 9.17) is 0 Å². The molecule has 0 aliphatic heterocycles. The molecule has 5 aromatic rings. The van der Waals surface area contributed by atoms with Crippen molar-refractivity contribution in [3.8, 4) is 0 Å². The summed E-state index contributed by atoms with van der Waals surface area (Å²) in [5.41, 5.74) is 1.33. The van der Waals surface area contributed by atoms with E-state index in [0.29, 0.717) is 0 Å². The van der Waals surface area contributed by atoms with E-state index in [0.717, 1.165) is 0 Å². The molecule has 2 heterocycles. The average Bonchev–Trinajstić information content (AvgIpc) is 3.00. The summed E-state index contributed by atoms with van der Waals surface area (Å²) < 4.78 is 4.17. The van der Waals surface area contributed by atoms with Gasteiger partial charge in [0.1, 0.15) is 0 Å². The fourth-order valence-corrected chi connectivity index (χ4v) is 5.49. The number of rotatable bonds is 0. The molecule has 0 atom stereocenters. The van der Waals surface area contributed by atoms with Gasteiger partial charge in [0.05, 0.1) is 0 Å². The maximum absolute atomic E-state index is 2.37. The van der Waals surface area contributed by atoms with E-state index in [1.54, 1.807) is 0 Å². The molecule has 0 saturated heterocycles. The third kappa shape index (κ3) is 1.74. The highest BCUT2D eigenvalue weighted by Gasteiger charge is 2.08. The highest BCUT2D eigenvalue weighted by atomic mass is 32.1. The monoisotopic (exact) mass is 318 g/mol. The number of hydrogen-bond donors (Lipinski definition) is 0. The molecule has 106 valence electrons. The van der Waals surface area contributed by atoms with Crippen molar-refractivity contribution < 1.29 is 0 Å². The summed E-state index contributed by atoms with van der Waals surface area (Å²) in [5, 5.41) is 6.84. The third-order valence-electron chi connectivity index (χ3n) is 4.34. The van der Waals surface area contributed by atoms with Crippen molar-refractivity contribution in [3.05, 3.63) is 59.0 Å². The van der Waals surface area contributed by atoms with Crippen LogP contribution in [-0.2, 0) is 0 Å². The van der Waals surface area contributed by atoms with Crippen LogP contribution in [0.4, 0.5) is 0 Å². The second kappa shape index (κ2) is 4.31. The third-order valence-corrected chi connectivity index (χ3v) is 6.47. The minimum atomic E-state index is 1.33. The molecule has 0 saturated carbocycles. The summed E-state index contributed by atoms with van der Waals surface area (Å²) in [7, 11) is 0. The number of hydrogen-bond acceptors (Lipinski definition) is 2. The van der Waals surface area contributed by atoms with Gasteiger partial charge < -0.3 is 0 Å². The zero-order valence-electron chi connectivity index (χ0n) is 12.4. The standard InChI is InChI=1S/C20H14S2/c1-11-3-4-16-17-8-14-9-18-15(6-12(2)21-18)7-13(14)10-20(17)22-19(16)5-11/h3-10H,1-2H3. The van der Waals surface area contributed by atoms with Gasteiger partial charge in [0.15, 0.2) is 0 Å². The molecule has 2 aromatic heterocycles. The van der Waals surface area contributed by atoms with Gasteiger partial charge in [0.2, 0.25) is 0 Å². The van der Waals surface area contributed by atoms with Gasteiger partial charge in [-0.05, 0) is 72.0 Å². The quantitative estimate of drug-likeness (QED) is 0.287. The summed E-state index contributed by atoms with van der Waals surface area (Å²) >= 11 is 3.79. The Labute approximate surface area is 136 Å². The van der Waals surface area contributed by atoms with Crippen molar-refractivity contribution >= 4 is 63.7 Å². The molecular weight excluding hydrogens is 304 g/mol. The van der Waals surface area contributed by atoms with E-state index in [9.17, 15) is 0 Å². The first kappa shape index (κ1) is 12.6. The second-order valence-corrected chi connectivity index (χ2v) is 8.42. The van der Waals surface area contributed by atoms with Crippen LogP contribution in [0.5, 0.6) is 0 Å². The number of aryl methyl sites for hydroxylation is 2. The first-order chi connectivity index (χ1) is 10.7. The lowest BCUT2D eigenvalue weighted by atomic mass is 10.0. The van der Waals surface area contributed by atoms with Crippen LogP contribution >= 0.6 is 22.7 Å². The van der Waals surface area contributed by atoms with E-state index in [1.165, 1.54) is 51.5 Å². The fraction of sp³-hybridized carbons (Fsp3) is 0.100. The maximum Gasteiger partial charge on any atom is 0.0361 e. The van der Waals surface area contributed by atoms with Gasteiger partial charge in [0, 0.05) is 29.7 Å². The van der Waals surface area contributed by atoms with Crippen molar-refractivity contribution in [1.29, 1.82) is 0 Å². The minimum Gasteiger partial charge on any atom is -0.141 e. The largest absolute Gasteiger partial charge is 0.141 e. The lowest BCUT2D eigenvalue weighted by Gasteiger charge is -2.00. The van der Waals surface area contributed by atoms with E-state index in [1.807, 2.05) is 22.7 Å². The lowest BCUT2D eigenvalue weighted by molar-refractivity contribution is 1.52. The summed E-state index contributed by atoms with van der Waals surface area (Å²) in [5.74, 6) is 0. The van der Waals surface area contributed by atoms with E-state index < -0.39 is 0 Å². The molecule has 3 aromatic carbocycles. The molecule has 0 radical (unpaired) electrons. The Balaban J connectivity index is 1.95. The molecule has 0 fully saturated rings. The Morgan fingerprint density at radius 1 is 0.591 bits per heavy atom. The Morgan fingerprint density at radius 2 is 1.36 bits per heavy atom. The molecule has 0 aliphatic rings. The SMILES string of the molecule is Cc1ccc2c(c1)sc1cc3cc4cc(C)sc4cc3cc12. The lowest BCUT2D eigenvalue weighted by Crippen LogP contribution is -1.74. The number of thiophene rings is 2. The predicted molar refractivity (Wildman–Crippen MR) is 102 cm³/mol. The van der Waals surface area contributed by atoms with Crippen LogP contribution in [0.1, 0.15) is 10.4 Å². The molecule has 0 nitrogen and oxygen atoms in total. The van der Waals surface area contributed by atoms with Crippen molar-refractivity contribution in [1.82, 2.24) is 0 Å². The smallest absolute Gasteiger partial charge is 0.0361 e. The van der Waals surface area contributed by atoms with Crippen molar-refractivity contribution in [2.75, 3.05) is 0 Å². The predicted octanol–water partition coefficient (Wildman–Crippen LogP) is 7.04. The molecule has 5 rings (SSSR count). The molecule has 0 bridgehead atoms. The van der Waals surface area contributed by atoms with Gasteiger partial charge >= 0.3 is 0 Å². The highest BCUT2D eigenvalue weighted by molar-refractivity contribution is 7.25. The number of benzene rings is 3. The van der Waals surface area contributed by atoms with Crippen LogP contribution in [-0.4, -0.2) is 0 Å². The molecule has 22 heavy (non-hydrogen) atoms. The Kier molecular flexibility index (Phi) is 2.47. The summed E-state index contributed by atoms with van der Waals surface area (Å²) in [4.78, 5) is 1.38. The van der Waals surface area contributed by atoms with Gasteiger partial charge in [-0.2, -0.15) is 0 Å².